The topological polar surface area (TPSA) is 18.5 Å². The first-order valence-electron chi connectivity index (χ1n) is 6.90. The van der Waals surface area contributed by atoms with Crippen molar-refractivity contribution < 1.29 is 9.78 Å². The molecular weight excluding hydrogens is 224 g/mol. The fourth-order valence-electron chi connectivity index (χ4n) is 1.73. The van der Waals surface area contributed by atoms with Crippen LogP contribution in [0.1, 0.15) is 65.4 Å². The zero-order valence-corrected chi connectivity index (χ0v) is 12.3. The summed E-state index contributed by atoms with van der Waals surface area (Å²) in [5.41, 5.74) is 1.03. The molecule has 0 unspecified atom stereocenters. The molecule has 0 aliphatic heterocycles. The smallest absolute Gasteiger partial charge is 0.165 e. The number of benzene rings is 1. The predicted molar refractivity (Wildman–Crippen MR) is 75.8 cm³/mol. The van der Waals surface area contributed by atoms with Crippen LogP contribution in [-0.4, -0.2) is 5.60 Å². The molecule has 18 heavy (non-hydrogen) atoms. The second kappa shape index (κ2) is 6.79. The summed E-state index contributed by atoms with van der Waals surface area (Å²) in [6.45, 7) is 10.7. The summed E-state index contributed by atoms with van der Waals surface area (Å²) in [5, 5.41) is 0. The molecule has 0 saturated heterocycles. The first-order chi connectivity index (χ1) is 8.44. The number of unbranched alkanes of at least 4 members (excludes halogenated alkanes) is 1. The van der Waals surface area contributed by atoms with Gasteiger partial charge in [-0.2, -0.15) is 4.89 Å². The molecule has 0 N–H and O–H groups in total. The molecule has 0 bridgehead atoms. The highest BCUT2D eigenvalue weighted by atomic mass is 17.2. The van der Waals surface area contributed by atoms with Gasteiger partial charge in [0.05, 0.1) is 0 Å². The molecule has 0 radical (unpaired) electrons. The van der Waals surface area contributed by atoms with Crippen molar-refractivity contribution in [1.82, 2.24) is 0 Å². The second-order valence-electron chi connectivity index (χ2n) is 5.76. The molecule has 102 valence electrons. The largest absolute Gasteiger partial charge is 0.337 e. The van der Waals surface area contributed by atoms with Gasteiger partial charge in [-0.25, -0.2) is 0 Å². The third kappa shape index (κ3) is 5.09. The second-order valence-corrected chi connectivity index (χ2v) is 5.76. The summed E-state index contributed by atoms with van der Waals surface area (Å²) in [6, 6.07) is 8.09. The minimum atomic E-state index is -0.232. The molecule has 2 nitrogen and oxygen atoms in total. The zero-order valence-electron chi connectivity index (χ0n) is 12.3. The molecular formula is C16H26O2. The lowest BCUT2D eigenvalue weighted by Gasteiger charge is -2.23. The molecule has 0 amide bonds. The Morgan fingerprint density at radius 2 is 1.94 bits per heavy atom. The Balaban J connectivity index is 2.55. The van der Waals surface area contributed by atoms with Crippen LogP contribution in [0.25, 0.3) is 0 Å². The molecule has 0 fully saturated rings. The van der Waals surface area contributed by atoms with Crippen molar-refractivity contribution in [3.63, 3.8) is 0 Å². The molecule has 1 aromatic carbocycles. The monoisotopic (exact) mass is 250 g/mol. The van der Waals surface area contributed by atoms with Gasteiger partial charge in [-0.15, -0.1) is 0 Å². The number of rotatable bonds is 7. The Morgan fingerprint density at radius 3 is 2.56 bits per heavy atom. The van der Waals surface area contributed by atoms with Crippen molar-refractivity contribution in [1.29, 1.82) is 0 Å². The van der Waals surface area contributed by atoms with E-state index in [1.54, 1.807) is 0 Å². The average Bonchev–Trinajstić information content (AvgIpc) is 2.34. The molecule has 0 saturated carbocycles. The third-order valence-corrected chi connectivity index (χ3v) is 3.02. The van der Waals surface area contributed by atoms with Gasteiger partial charge in [0.2, 0.25) is 0 Å². The van der Waals surface area contributed by atoms with Gasteiger partial charge < -0.3 is 4.89 Å². The highest BCUT2D eigenvalue weighted by Crippen LogP contribution is 2.23. The van der Waals surface area contributed by atoms with Crippen LogP contribution >= 0.6 is 0 Å². The first kappa shape index (κ1) is 15.0. The van der Waals surface area contributed by atoms with Gasteiger partial charge in [-0.05, 0) is 43.9 Å². The number of hydrogen-bond acceptors (Lipinski definition) is 2. The van der Waals surface area contributed by atoms with E-state index in [0.717, 1.165) is 18.6 Å². The maximum Gasteiger partial charge on any atom is 0.165 e. The normalized spacial score (nSPS) is 11.9. The van der Waals surface area contributed by atoms with Crippen molar-refractivity contribution in [3.05, 3.63) is 29.8 Å². The van der Waals surface area contributed by atoms with Crippen molar-refractivity contribution in [2.24, 2.45) is 0 Å². The third-order valence-electron chi connectivity index (χ3n) is 3.02. The zero-order chi connectivity index (χ0) is 13.6. The van der Waals surface area contributed by atoms with Gasteiger partial charge in [0, 0.05) is 0 Å². The van der Waals surface area contributed by atoms with E-state index in [2.05, 4.69) is 40.7 Å². The van der Waals surface area contributed by atoms with Crippen LogP contribution in [0, 0.1) is 0 Å². The molecule has 0 spiro atoms. The summed E-state index contributed by atoms with van der Waals surface area (Å²) >= 11 is 0. The summed E-state index contributed by atoms with van der Waals surface area (Å²) in [5.74, 6) is 1.28. The SMILES string of the molecule is CCCCC(C)(C)OOc1cccc(C(C)C)c1. The average molecular weight is 250 g/mol. The number of hydrogen-bond donors (Lipinski definition) is 0. The minimum Gasteiger partial charge on any atom is -0.337 e. The molecule has 0 aliphatic carbocycles. The van der Waals surface area contributed by atoms with Crippen molar-refractivity contribution in [3.8, 4) is 5.75 Å². The maximum absolute atomic E-state index is 5.55. The lowest BCUT2D eigenvalue weighted by molar-refractivity contribution is -0.282. The van der Waals surface area contributed by atoms with Gasteiger partial charge in [0.25, 0.3) is 0 Å². The van der Waals surface area contributed by atoms with Crippen molar-refractivity contribution in [2.45, 2.75) is 65.4 Å². The van der Waals surface area contributed by atoms with Gasteiger partial charge in [0.1, 0.15) is 5.60 Å². The molecule has 0 atom stereocenters. The van der Waals surface area contributed by atoms with E-state index in [-0.39, 0.29) is 5.60 Å². The van der Waals surface area contributed by atoms with E-state index < -0.39 is 0 Å². The fourth-order valence-corrected chi connectivity index (χ4v) is 1.73. The van der Waals surface area contributed by atoms with Gasteiger partial charge >= 0.3 is 0 Å². The van der Waals surface area contributed by atoms with E-state index in [1.165, 1.54) is 12.0 Å². The van der Waals surface area contributed by atoms with E-state index >= 15 is 0 Å². The lowest BCUT2D eigenvalue weighted by atomic mass is 10.0. The van der Waals surface area contributed by atoms with Crippen LogP contribution in [-0.2, 0) is 4.89 Å². The predicted octanol–water partition coefficient (Wildman–Crippen LogP) is 5.09. The Bertz CT molecular complexity index is 356. The highest BCUT2D eigenvalue weighted by Gasteiger charge is 2.20. The Morgan fingerprint density at radius 1 is 1.22 bits per heavy atom. The highest BCUT2D eigenvalue weighted by molar-refractivity contribution is 5.29. The minimum absolute atomic E-state index is 0.232. The quantitative estimate of drug-likeness (QED) is 0.495. The van der Waals surface area contributed by atoms with Gasteiger partial charge in [0.15, 0.2) is 5.75 Å². The van der Waals surface area contributed by atoms with Crippen LogP contribution in [0.4, 0.5) is 0 Å². The molecule has 0 aromatic heterocycles. The van der Waals surface area contributed by atoms with Crippen LogP contribution in [0.5, 0.6) is 5.75 Å². The van der Waals surface area contributed by atoms with Crippen LogP contribution in [0.3, 0.4) is 0 Å². The van der Waals surface area contributed by atoms with Gasteiger partial charge in [-0.3, -0.25) is 0 Å². The Labute approximate surface area is 111 Å². The van der Waals surface area contributed by atoms with E-state index in [4.69, 9.17) is 9.78 Å². The maximum atomic E-state index is 5.55. The fraction of sp³-hybridized carbons (Fsp3) is 0.625. The standard InChI is InChI=1S/C16H26O2/c1-6-7-11-16(4,5)18-17-15-10-8-9-14(12-15)13(2)3/h8-10,12-13H,6-7,11H2,1-5H3. The summed E-state index contributed by atoms with van der Waals surface area (Å²) in [4.78, 5) is 11.0. The van der Waals surface area contributed by atoms with Crippen molar-refractivity contribution >= 4 is 0 Å². The lowest BCUT2D eigenvalue weighted by Crippen LogP contribution is -2.26. The summed E-state index contributed by atoms with van der Waals surface area (Å²) < 4.78 is 0. The first-order valence-corrected chi connectivity index (χ1v) is 6.90. The molecule has 0 heterocycles. The van der Waals surface area contributed by atoms with E-state index in [9.17, 15) is 0 Å². The molecule has 2 heteroatoms. The molecule has 1 rings (SSSR count). The van der Waals surface area contributed by atoms with Gasteiger partial charge in [-0.1, -0.05) is 45.7 Å². The van der Waals surface area contributed by atoms with Crippen LogP contribution < -0.4 is 4.89 Å². The van der Waals surface area contributed by atoms with E-state index in [1.807, 2.05) is 18.2 Å². The van der Waals surface area contributed by atoms with E-state index in [0.29, 0.717) is 5.92 Å². The van der Waals surface area contributed by atoms with Crippen molar-refractivity contribution in [2.75, 3.05) is 0 Å². The van der Waals surface area contributed by atoms with Crippen LogP contribution in [0.2, 0.25) is 0 Å². The molecule has 1 aromatic rings. The summed E-state index contributed by atoms with van der Waals surface area (Å²) in [6.07, 6.45) is 3.34. The summed E-state index contributed by atoms with van der Waals surface area (Å²) in [7, 11) is 0. The molecule has 0 aliphatic rings. The van der Waals surface area contributed by atoms with Crippen LogP contribution in [0.15, 0.2) is 24.3 Å². The Kier molecular flexibility index (Phi) is 5.67. The Hall–Kier alpha value is -1.02.